The maximum absolute atomic E-state index is 11.7. The Labute approximate surface area is 164 Å². The van der Waals surface area contributed by atoms with Gasteiger partial charge in [-0.15, -0.1) is 0 Å². The molecule has 0 atom stereocenters. The Hall–Kier alpha value is -1.79. The van der Waals surface area contributed by atoms with Crippen molar-refractivity contribution in [1.82, 2.24) is 16.1 Å². The number of hydrogen-bond donors (Lipinski definition) is 5. The molecular weight excluding hydrogens is 372 g/mol. The standard InChI is InChI=1S/C17H32N4O7/c18-21-7-10-26-8-6-20-15(23)13-28-12-11-27-9-5-19-14(22)1-2-17(3-4-17)16(24)25/h21H,1-13,18H2,(H,19,22)(H,20,23)(H,24,25). The molecule has 1 rings (SSSR count). The number of carboxylic acid groups (broad SMARTS) is 1. The van der Waals surface area contributed by atoms with Gasteiger partial charge in [0, 0.05) is 26.1 Å². The molecule has 0 aromatic heterocycles. The molecule has 0 heterocycles. The fourth-order valence-electron chi connectivity index (χ4n) is 2.36. The molecule has 6 N–H and O–H groups in total. The van der Waals surface area contributed by atoms with Crippen LogP contribution in [-0.4, -0.2) is 82.2 Å². The van der Waals surface area contributed by atoms with Gasteiger partial charge in [-0.2, -0.15) is 0 Å². The molecule has 1 aliphatic rings. The summed E-state index contributed by atoms with van der Waals surface area (Å²) in [6.45, 7) is 3.00. The third-order valence-electron chi connectivity index (χ3n) is 4.27. The van der Waals surface area contributed by atoms with E-state index in [-0.39, 0.29) is 31.4 Å². The van der Waals surface area contributed by atoms with E-state index in [4.69, 9.17) is 25.2 Å². The SMILES string of the molecule is NNCCOCCNC(=O)COCCOCCNC(=O)CCC1(C(=O)O)CC1. The van der Waals surface area contributed by atoms with Gasteiger partial charge in [-0.05, 0) is 19.3 Å². The molecule has 0 unspecified atom stereocenters. The molecular formula is C17H32N4O7. The zero-order chi connectivity index (χ0) is 20.7. The van der Waals surface area contributed by atoms with E-state index in [1.807, 2.05) is 0 Å². The summed E-state index contributed by atoms with van der Waals surface area (Å²) >= 11 is 0. The summed E-state index contributed by atoms with van der Waals surface area (Å²) in [6, 6.07) is 0. The number of hydrazine groups is 1. The first kappa shape index (κ1) is 24.2. The molecule has 0 radical (unpaired) electrons. The van der Waals surface area contributed by atoms with Crippen molar-refractivity contribution < 1.29 is 33.7 Å². The first-order valence-electron chi connectivity index (χ1n) is 9.44. The average Bonchev–Trinajstić information content (AvgIpc) is 3.46. The van der Waals surface area contributed by atoms with Crippen molar-refractivity contribution in [3.8, 4) is 0 Å². The van der Waals surface area contributed by atoms with E-state index in [0.29, 0.717) is 65.3 Å². The first-order valence-corrected chi connectivity index (χ1v) is 9.44. The van der Waals surface area contributed by atoms with Gasteiger partial charge in [-0.1, -0.05) is 0 Å². The zero-order valence-corrected chi connectivity index (χ0v) is 16.2. The predicted molar refractivity (Wildman–Crippen MR) is 99.2 cm³/mol. The van der Waals surface area contributed by atoms with E-state index < -0.39 is 11.4 Å². The lowest BCUT2D eigenvalue weighted by molar-refractivity contribution is -0.143. The van der Waals surface area contributed by atoms with Crippen molar-refractivity contribution in [3.63, 3.8) is 0 Å². The molecule has 0 aromatic carbocycles. The normalized spacial score (nSPS) is 14.5. The topological polar surface area (TPSA) is 161 Å². The molecule has 1 fully saturated rings. The highest BCUT2D eigenvalue weighted by Gasteiger charge is 2.49. The summed E-state index contributed by atoms with van der Waals surface area (Å²) in [6.07, 6.45) is 1.88. The van der Waals surface area contributed by atoms with Crippen LogP contribution in [0.2, 0.25) is 0 Å². The molecule has 11 heteroatoms. The van der Waals surface area contributed by atoms with E-state index in [1.54, 1.807) is 0 Å². The van der Waals surface area contributed by atoms with Gasteiger partial charge in [-0.3, -0.25) is 25.7 Å². The minimum Gasteiger partial charge on any atom is -0.481 e. The van der Waals surface area contributed by atoms with E-state index in [1.165, 1.54) is 0 Å². The predicted octanol–water partition coefficient (Wildman–Crippen LogP) is -1.62. The lowest BCUT2D eigenvalue weighted by Gasteiger charge is -2.10. The Balaban J connectivity index is 1.84. The van der Waals surface area contributed by atoms with Crippen LogP contribution in [0.15, 0.2) is 0 Å². The number of rotatable bonds is 18. The molecule has 2 amide bonds. The Morgan fingerprint density at radius 3 is 2.04 bits per heavy atom. The minimum atomic E-state index is -0.814. The van der Waals surface area contributed by atoms with Crippen molar-refractivity contribution in [2.45, 2.75) is 25.7 Å². The van der Waals surface area contributed by atoms with Crippen LogP contribution in [0.25, 0.3) is 0 Å². The van der Waals surface area contributed by atoms with E-state index in [9.17, 15) is 14.4 Å². The molecule has 28 heavy (non-hydrogen) atoms. The number of aliphatic carboxylic acids is 1. The molecule has 11 nitrogen and oxygen atoms in total. The fourth-order valence-corrected chi connectivity index (χ4v) is 2.36. The zero-order valence-electron chi connectivity index (χ0n) is 16.2. The molecule has 0 aliphatic heterocycles. The van der Waals surface area contributed by atoms with Gasteiger partial charge in [0.2, 0.25) is 11.8 Å². The second-order valence-electron chi connectivity index (χ2n) is 6.52. The van der Waals surface area contributed by atoms with Gasteiger partial charge in [0.1, 0.15) is 6.61 Å². The number of carbonyl (C=O) groups is 3. The molecule has 162 valence electrons. The van der Waals surface area contributed by atoms with E-state index in [2.05, 4.69) is 16.1 Å². The summed E-state index contributed by atoms with van der Waals surface area (Å²) in [5.41, 5.74) is 1.78. The largest absolute Gasteiger partial charge is 0.481 e. The number of carboxylic acids is 1. The average molecular weight is 404 g/mol. The first-order chi connectivity index (χ1) is 13.5. The van der Waals surface area contributed by atoms with Gasteiger partial charge in [-0.25, -0.2) is 0 Å². The third kappa shape index (κ3) is 11.1. The summed E-state index contributed by atoms with van der Waals surface area (Å²) in [5.74, 6) is 3.86. The third-order valence-corrected chi connectivity index (χ3v) is 4.27. The quantitative estimate of drug-likeness (QED) is 0.103. The Morgan fingerprint density at radius 1 is 0.857 bits per heavy atom. The second-order valence-corrected chi connectivity index (χ2v) is 6.52. The van der Waals surface area contributed by atoms with Crippen molar-refractivity contribution in [1.29, 1.82) is 0 Å². The monoisotopic (exact) mass is 404 g/mol. The van der Waals surface area contributed by atoms with Crippen molar-refractivity contribution in [2.75, 3.05) is 59.3 Å². The highest BCUT2D eigenvalue weighted by atomic mass is 16.5. The van der Waals surface area contributed by atoms with Crippen LogP contribution in [0.4, 0.5) is 0 Å². The Morgan fingerprint density at radius 2 is 1.43 bits per heavy atom. The highest BCUT2D eigenvalue weighted by molar-refractivity contribution is 5.80. The number of nitrogens with two attached hydrogens (primary N) is 1. The summed E-state index contributed by atoms with van der Waals surface area (Å²) in [7, 11) is 0. The fraction of sp³-hybridized carbons (Fsp3) is 0.824. The van der Waals surface area contributed by atoms with E-state index >= 15 is 0 Å². The van der Waals surface area contributed by atoms with Crippen molar-refractivity contribution >= 4 is 17.8 Å². The van der Waals surface area contributed by atoms with Crippen LogP contribution in [0.1, 0.15) is 25.7 Å². The number of nitrogens with one attached hydrogen (secondary N) is 3. The smallest absolute Gasteiger partial charge is 0.309 e. The number of ether oxygens (including phenoxy) is 3. The van der Waals surface area contributed by atoms with Gasteiger partial charge in [0.15, 0.2) is 0 Å². The van der Waals surface area contributed by atoms with E-state index in [0.717, 1.165) is 0 Å². The van der Waals surface area contributed by atoms with Gasteiger partial charge in [0.25, 0.3) is 0 Å². The lowest BCUT2D eigenvalue weighted by Crippen LogP contribution is -2.32. The van der Waals surface area contributed by atoms with Gasteiger partial charge < -0.3 is 30.0 Å². The Bertz CT molecular complexity index is 486. The van der Waals surface area contributed by atoms with Crippen LogP contribution >= 0.6 is 0 Å². The lowest BCUT2D eigenvalue weighted by atomic mass is 10.0. The second kappa shape index (κ2) is 14.2. The maximum Gasteiger partial charge on any atom is 0.309 e. The summed E-state index contributed by atoms with van der Waals surface area (Å²) < 4.78 is 15.7. The maximum atomic E-state index is 11.7. The molecule has 1 saturated carbocycles. The highest BCUT2D eigenvalue weighted by Crippen LogP contribution is 2.49. The van der Waals surface area contributed by atoms with Crippen LogP contribution < -0.4 is 21.9 Å². The molecule has 0 bridgehead atoms. The molecule has 0 spiro atoms. The molecule has 0 aromatic rings. The Kier molecular flexibility index (Phi) is 12.3. The van der Waals surface area contributed by atoms with Gasteiger partial charge in [0.05, 0.1) is 38.4 Å². The van der Waals surface area contributed by atoms with Crippen LogP contribution in [-0.2, 0) is 28.6 Å². The number of carbonyl (C=O) groups excluding carboxylic acids is 2. The van der Waals surface area contributed by atoms with Crippen LogP contribution in [0, 0.1) is 5.41 Å². The summed E-state index contributed by atoms with van der Waals surface area (Å²) in [5, 5.41) is 14.4. The van der Waals surface area contributed by atoms with Crippen LogP contribution in [0.3, 0.4) is 0 Å². The minimum absolute atomic E-state index is 0.0597. The van der Waals surface area contributed by atoms with Crippen molar-refractivity contribution in [2.24, 2.45) is 11.3 Å². The number of amides is 2. The van der Waals surface area contributed by atoms with Gasteiger partial charge >= 0.3 is 5.97 Å². The molecule has 1 aliphatic carbocycles. The summed E-state index contributed by atoms with van der Waals surface area (Å²) in [4.78, 5) is 34.2. The van der Waals surface area contributed by atoms with Crippen molar-refractivity contribution in [3.05, 3.63) is 0 Å². The van der Waals surface area contributed by atoms with Crippen LogP contribution in [0.5, 0.6) is 0 Å². The number of hydrogen-bond acceptors (Lipinski definition) is 8. The molecule has 0 saturated heterocycles.